The first-order valence-corrected chi connectivity index (χ1v) is 9.22. The molecule has 3 rings (SSSR count). The Morgan fingerprint density at radius 3 is 2.63 bits per heavy atom. The van der Waals surface area contributed by atoms with Crippen molar-refractivity contribution in [1.82, 2.24) is 9.80 Å². The molecule has 0 aromatic heterocycles. The Morgan fingerprint density at radius 2 is 1.85 bits per heavy atom. The van der Waals surface area contributed by atoms with Gasteiger partial charge in [0, 0.05) is 44.4 Å². The summed E-state index contributed by atoms with van der Waals surface area (Å²) in [6.45, 7) is 3.95. The van der Waals surface area contributed by atoms with E-state index in [0.29, 0.717) is 6.54 Å². The number of ether oxygens (including phenoxy) is 1. The number of para-hydroxylation sites is 1. The summed E-state index contributed by atoms with van der Waals surface area (Å²) in [6.07, 6.45) is 4.35. The van der Waals surface area contributed by atoms with Gasteiger partial charge in [-0.15, -0.1) is 0 Å². The molecule has 4 nitrogen and oxygen atoms in total. The van der Waals surface area contributed by atoms with Crippen LogP contribution < -0.4 is 4.74 Å². The van der Waals surface area contributed by atoms with Crippen molar-refractivity contribution >= 4 is 12.0 Å². The molecule has 0 radical (unpaired) electrons. The maximum absolute atomic E-state index is 13.0. The number of benzene rings is 2. The van der Waals surface area contributed by atoms with Gasteiger partial charge in [-0.25, -0.2) is 4.39 Å². The van der Waals surface area contributed by atoms with Crippen LogP contribution in [0.3, 0.4) is 0 Å². The standard InChI is InChI=1S/C22H25FN2O2/c1-27-21-6-3-2-5-19(21)9-12-22(26)25-14-4-13-24(15-16-25)17-18-7-10-20(23)11-8-18/h2-3,5-12H,4,13-17H2,1H3/b12-9+. The topological polar surface area (TPSA) is 32.8 Å². The quantitative estimate of drug-likeness (QED) is 0.757. The number of hydrogen-bond donors (Lipinski definition) is 0. The Bertz CT molecular complexity index is 789. The van der Waals surface area contributed by atoms with Gasteiger partial charge in [-0.1, -0.05) is 30.3 Å². The highest BCUT2D eigenvalue weighted by molar-refractivity contribution is 5.92. The van der Waals surface area contributed by atoms with E-state index in [1.807, 2.05) is 47.4 Å². The summed E-state index contributed by atoms with van der Waals surface area (Å²) in [5.74, 6) is 0.556. The van der Waals surface area contributed by atoms with Crippen molar-refractivity contribution in [2.24, 2.45) is 0 Å². The second-order valence-corrected chi connectivity index (χ2v) is 6.66. The molecule has 1 amide bonds. The lowest BCUT2D eigenvalue weighted by Gasteiger charge is -2.21. The number of carbonyl (C=O) groups excluding carboxylic acids is 1. The van der Waals surface area contributed by atoms with Gasteiger partial charge >= 0.3 is 0 Å². The third kappa shape index (κ3) is 5.41. The number of methoxy groups -OCH3 is 1. The first-order chi connectivity index (χ1) is 13.2. The van der Waals surface area contributed by atoms with Crippen LogP contribution in [0.5, 0.6) is 5.75 Å². The van der Waals surface area contributed by atoms with E-state index < -0.39 is 0 Å². The van der Waals surface area contributed by atoms with E-state index in [-0.39, 0.29) is 11.7 Å². The van der Waals surface area contributed by atoms with Crippen molar-refractivity contribution in [3.8, 4) is 5.75 Å². The van der Waals surface area contributed by atoms with Gasteiger partial charge in [0.1, 0.15) is 11.6 Å². The number of rotatable bonds is 5. The lowest BCUT2D eigenvalue weighted by Crippen LogP contribution is -2.34. The molecule has 1 saturated heterocycles. The predicted octanol–water partition coefficient (Wildman–Crippen LogP) is 3.58. The van der Waals surface area contributed by atoms with Crippen LogP contribution >= 0.6 is 0 Å². The van der Waals surface area contributed by atoms with Crippen LogP contribution in [0.4, 0.5) is 4.39 Å². The Morgan fingerprint density at radius 1 is 1.07 bits per heavy atom. The van der Waals surface area contributed by atoms with Gasteiger partial charge < -0.3 is 9.64 Å². The molecule has 0 unspecified atom stereocenters. The minimum atomic E-state index is -0.215. The molecule has 1 fully saturated rings. The van der Waals surface area contributed by atoms with Crippen molar-refractivity contribution in [2.75, 3.05) is 33.3 Å². The third-order valence-electron chi connectivity index (χ3n) is 4.76. The zero-order valence-electron chi connectivity index (χ0n) is 15.6. The molecular weight excluding hydrogens is 343 g/mol. The highest BCUT2D eigenvalue weighted by Gasteiger charge is 2.17. The van der Waals surface area contributed by atoms with Crippen LogP contribution in [0.1, 0.15) is 17.5 Å². The van der Waals surface area contributed by atoms with Gasteiger partial charge in [-0.2, -0.15) is 0 Å². The highest BCUT2D eigenvalue weighted by Crippen LogP contribution is 2.19. The Hall–Kier alpha value is -2.66. The summed E-state index contributed by atoms with van der Waals surface area (Å²) in [5, 5.41) is 0. The van der Waals surface area contributed by atoms with Crippen molar-refractivity contribution in [3.63, 3.8) is 0 Å². The molecule has 2 aromatic rings. The van der Waals surface area contributed by atoms with E-state index in [0.717, 1.165) is 49.5 Å². The average molecular weight is 368 g/mol. The molecule has 0 bridgehead atoms. The first-order valence-electron chi connectivity index (χ1n) is 9.22. The Balaban J connectivity index is 1.56. The molecule has 142 valence electrons. The van der Waals surface area contributed by atoms with E-state index in [1.165, 1.54) is 12.1 Å². The largest absolute Gasteiger partial charge is 0.496 e. The fourth-order valence-electron chi connectivity index (χ4n) is 3.27. The SMILES string of the molecule is COc1ccccc1/C=C/C(=O)N1CCCN(Cc2ccc(F)cc2)CC1. The molecule has 1 heterocycles. The van der Waals surface area contributed by atoms with E-state index >= 15 is 0 Å². The van der Waals surface area contributed by atoms with Crippen LogP contribution in [0.15, 0.2) is 54.6 Å². The van der Waals surface area contributed by atoms with Crippen LogP contribution in [0, 0.1) is 5.82 Å². The number of halogens is 1. The Labute approximate surface area is 159 Å². The summed E-state index contributed by atoms with van der Waals surface area (Å²) in [5.41, 5.74) is 1.98. The molecule has 0 aliphatic carbocycles. The monoisotopic (exact) mass is 368 g/mol. The second kappa shape index (κ2) is 9.33. The molecule has 0 N–H and O–H groups in total. The lowest BCUT2D eigenvalue weighted by atomic mass is 10.2. The van der Waals surface area contributed by atoms with Crippen molar-refractivity contribution in [3.05, 3.63) is 71.6 Å². The van der Waals surface area contributed by atoms with Gasteiger partial charge in [0.05, 0.1) is 7.11 Å². The molecule has 1 aliphatic rings. The number of nitrogens with zero attached hydrogens (tertiary/aromatic N) is 2. The molecule has 0 spiro atoms. The lowest BCUT2D eigenvalue weighted by molar-refractivity contribution is -0.125. The van der Waals surface area contributed by atoms with Crippen LogP contribution in [0.25, 0.3) is 6.08 Å². The van der Waals surface area contributed by atoms with Crippen molar-refractivity contribution in [1.29, 1.82) is 0 Å². The molecule has 0 atom stereocenters. The van der Waals surface area contributed by atoms with E-state index in [2.05, 4.69) is 4.90 Å². The van der Waals surface area contributed by atoms with E-state index in [1.54, 1.807) is 13.2 Å². The number of hydrogen-bond acceptors (Lipinski definition) is 3. The second-order valence-electron chi connectivity index (χ2n) is 6.66. The summed E-state index contributed by atoms with van der Waals surface area (Å²) >= 11 is 0. The van der Waals surface area contributed by atoms with Crippen molar-refractivity contribution in [2.45, 2.75) is 13.0 Å². The Kier molecular flexibility index (Phi) is 6.60. The summed E-state index contributed by atoms with van der Waals surface area (Å²) < 4.78 is 18.4. The van der Waals surface area contributed by atoms with Gasteiger partial charge in [0.2, 0.25) is 5.91 Å². The molecular formula is C22H25FN2O2. The fraction of sp³-hybridized carbons (Fsp3) is 0.318. The minimum absolute atomic E-state index is 0.0181. The molecule has 5 heteroatoms. The minimum Gasteiger partial charge on any atom is -0.496 e. The normalized spacial score (nSPS) is 15.7. The maximum atomic E-state index is 13.0. The van der Waals surface area contributed by atoms with E-state index in [4.69, 9.17) is 4.74 Å². The highest BCUT2D eigenvalue weighted by atomic mass is 19.1. The predicted molar refractivity (Wildman–Crippen MR) is 105 cm³/mol. The summed E-state index contributed by atoms with van der Waals surface area (Å²) in [7, 11) is 1.62. The van der Waals surface area contributed by atoms with Gasteiger partial charge in [-0.3, -0.25) is 9.69 Å². The molecule has 0 saturated carbocycles. The number of carbonyl (C=O) groups is 1. The summed E-state index contributed by atoms with van der Waals surface area (Å²) in [4.78, 5) is 16.8. The zero-order valence-corrected chi connectivity index (χ0v) is 15.6. The van der Waals surface area contributed by atoms with Gasteiger partial charge in [-0.05, 0) is 36.3 Å². The van der Waals surface area contributed by atoms with E-state index in [9.17, 15) is 9.18 Å². The fourth-order valence-corrected chi connectivity index (χ4v) is 3.27. The zero-order chi connectivity index (χ0) is 19.1. The van der Waals surface area contributed by atoms with Crippen LogP contribution in [-0.4, -0.2) is 49.0 Å². The van der Waals surface area contributed by atoms with Crippen LogP contribution in [-0.2, 0) is 11.3 Å². The van der Waals surface area contributed by atoms with Crippen LogP contribution in [0.2, 0.25) is 0 Å². The average Bonchev–Trinajstić information content (AvgIpc) is 2.94. The molecule has 1 aliphatic heterocycles. The third-order valence-corrected chi connectivity index (χ3v) is 4.76. The maximum Gasteiger partial charge on any atom is 0.246 e. The smallest absolute Gasteiger partial charge is 0.246 e. The van der Waals surface area contributed by atoms with Crippen molar-refractivity contribution < 1.29 is 13.9 Å². The first kappa shape index (κ1) is 19.1. The van der Waals surface area contributed by atoms with Gasteiger partial charge in [0.25, 0.3) is 0 Å². The number of amides is 1. The molecule has 2 aromatic carbocycles. The molecule has 27 heavy (non-hydrogen) atoms. The summed E-state index contributed by atoms with van der Waals surface area (Å²) in [6, 6.07) is 14.3. The van der Waals surface area contributed by atoms with Gasteiger partial charge in [0.15, 0.2) is 0 Å².